The number of rotatable bonds is 6. The van der Waals surface area contributed by atoms with Crippen molar-refractivity contribution in [3.05, 3.63) is 59.6 Å². The van der Waals surface area contributed by atoms with Gasteiger partial charge in [-0.15, -0.1) is 0 Å². The van der Waals surface area contributed by atoms with E-state index in [0.29, 0.717) is 0 Å². The Kier molecular flexibility index (Phi) is 4.91. The van der Waals surface area contributed by atoms with Gasteiger partial charge in [0.1, 0.15) is 0 Å². The zero-order valence-electron chi connectivity index (χ0n) is 10.2. The lowest BCUT2D eigenvalue weighted by Crippen LogP contribution is -2.08. The number of para-hydroxylation sites is 1. The van der Waals surface area contributed by atoms with E-state index in [4.69, 9.17) is 11.6 Å². The van der Waals surface area contributed by atoms with Crippen LogP contribution in [0.5, 0.6) is 0 Å². The Hall–Kier alpha value is -1.67. The predicted octanol–water partition coefficient (Wildman–Crippen LogP) is 4.25. The molecule has 0 aliphatic carbocycles. The molecular formula is C15H17ClN2. The van der Waals surface area contributed by atoms with E-state index in [1.54, 1.807) is 0 Å². The molecular weight excluding hydrogens is 244 g/mol. The van der Waals surface area contributed by atoms with Crippen LogP contribution in [0.1, 0.15) is 6.42 Å². The van der Waals surface area contributed by atoms with Crippen LogP contribution in [0.15, 0.2) is 54.6 Å². The van der Waals surface area contributed by atoms with E-state index < -0.39 is 0 Å². The summed E-state index contributed by atoms with van der Waals surface area (Å²) in [6.07, 6.45) is 1.07. The van der Waals surface area contributed by atoms with Crippen LogP contribution in [-0.2, 0) is 0 Å². The fourth-order valence-electron chi connectivity index (χ4n) is 1.68. The van der Waals surface area contributed by atoms with Gasteiger partial charge < -0.3 is 10.6 Å². The van der Waals surface area contributed by atoms with Crippen molar-refractivity contribution in [2.45, 2.75) is 6.42 Å². The molecule has 2 N–H and O–H groups in total. The van der Waals surface area contributed by atoms with Crippen LogP contribution >= 0.6 is 11.6 Å². The first kappa shape index (κ1) is 12.8. The summed E-state index contributed by atoms with van der Waals surface area (Å²) in [4.78, 5) is 0. The zero-order valence-corrected chi connectivity index (χ0v) is 11.0. The number of benzene rings is 2. The van der Waals surface area contributed by atoms with Crippen molar-refractivity contribution in [3.8, 4) is 0 Å². The SMILES string of the molecule is Clc1ccc(NCCCNc2ccccc2)cc1. The smallest absolute Gasteiger partial charge is 0.0407 e. The molecule has 18 heavy (non-hydrogen) atoms. The molecule has 0 aliphatic rings. The standard InChI is InChI=1S/C15H17ClN2/c16-13-7-9-15(10-8-13)18-12-4-11-17-14-5-2-1-3-6-14/h1-3,5-10,17-18H,4,11-12H2. The third-order valence-corrected chi connectivity index (χ3v) is 2.88. The molecule has 2 aromatic rings. The van der Waals surface area contributed by atoms with E-state index in [9.17, 15) is 0 Å². The minimum atomic E-state index is 0.770. The van der Waals surface area contributed by atoms with Crippen LogP contribution in [0.2, 0.25) is 5.02 Å². The van der Waals surface area contributed by atoms with Crippen LogP contribution in [0.4, 0.5) is 11.4 Å². The quantitative estimate of drug-likeness (QED) is 0.759. The number of hydrogen-bond acceptors (Lipinski definition) is 2. The summed E-state index contributed by atoms with van der Waals surface area (Å²) in [5.74, 6) is 0. The molecule has 0 spiro atoms. The monoisotopic (exact) mass is 260 g/mol. The van der Waals surface area contributed by atoms with Gasteiger partial charge in [-0.3, -0.25) is 0 Å². The van der Waals surface area contributed by atoms with E-state index in [1.165, 1.54) is 5.69 Å². The first-order valence-electron chi connectivity index (χ1n) is 6.13. The van der Waals surface area contributed by atoms with Gasteiger partial charge in [0.05, 0.1) is 0 Å². The molecule has 0 aromatic heterocycles. The first-order valence-corrected chi connectivity index (χ1v) is 6.51. The van der Waals surface area contributed by atoms with Crippen molar-refractivity contribution in [1.29, 1.82) is 0 Å². The second-order valence-corrected chi connectivity index (χ2v) is 4.52. The van der Waals surface area contributed by atoms with Gasteiger partial charge in [0.2, 0.25) is 0 Å². The van der Waals surface area contributed by atoms with Crippen molar-refractivity contribution in [3.63, 3.8) is 0 Å². The summed E-state index contributed by atoms with van der Waals surface area (Å²) in [7, 11) is 0. The highest BCUT2D eigenvalue weighted by atomic mass is 35.5. The lowest BCUT2D eigenvalue weighted by Gasteiger charge is -2.08. The van der Waals surface area contributed by atoms with Crippen LogP contribution in [0.3, 0.4) is 0 Å². The van der Waals surface area contributed by atoms with Gasteiger partial charge in [0.15, 0.2) is 0 Å². The Bertz CT molecular complexity index is 454. The molecule has 0 amide bonds. The molecule has 2 nitrogen and oxygen atoms in total. The summed E-state index contributed by atoms with van der Waals surface area (Å²) in [6.45, 7) is 1.91. The first-order chi connectivity index (χ1) is 8.84. The molecule has 0 radical (unpaired) electrons. The summed E-state index contributed by atoms with van der Waals surface area (Å²) in [5, 5.41) is 7.51. The molecule has 0 bridgehead atoms. The largest absolute Gasteiger partial charge is 0.385 e. The molecule has 3 heteroatoms. The number of anilines is 2. The van der Waals surface area contributed by atoms with E-state index in [-0.39, 0.29) is 0 Å². The third-order valence-electron chi connectivity index (χ3n) is 2.63. The second kappa shape index (κ2) is 6.92. The highest BCUT2D eigenvalue weighted by Gasteiger charge is 1.93. The summed E-state index contributed by atoms with van der Waals surface area (Å²) >= 11 is 5.83. The van der Waals surface area contributed by atoms with Crippen LogP contribution in [0, 0.1) is 0 Å². The Morgan fingerprint density at radius 2 is 1.28 bits per heavy atom. The highest BCUT2D eigenvalue weighted by Crippen LogP contribution is 2.13. The minimum absolute atomic E-state index is 0.770. The highest BCUT2D eigenvalue weighted by molar-refractivity contribution is 6.30. The van der Waals surface area contributed by atoms with Gasteiger partial charge in [-0.25, -0.2) is 0 Å². The minimum Gasteiger partial charge on any atom is -0.385 e. The molecule has 0 fully saturated rings. The molecule has 0 aliphatic heterocycles. The maximum Gasteiger partial charge on any atom is 0.0407 e. The third kappa shape index (κ3) is 4.30. The molecule has 0 heterocycles. The number of halogens is 1. The van der Waals surface area contributed by atoms with Crippen molar-refractivity contribution in [1.82, 2.24) is 0 Å². The molecule has 94 valence electrons. The van der Waals surface area contributed by atoms with Crippen LogP contribution < -0.4 is 10.6 Å². The average Bonchev–Trinajstić information content (AvgIpc) is 2.42. The van der Waals surface area contributed by atoms with Crippen molar-refractivity contribution in [2.75, 3.05) is 23.7 Å². The van der Waals surface area contributed by atoms with Gasteiger partial charge in [0, 0.05) is 29.5 Å². The Morgan fingerprint density at radius 3 is 1.89 bits per heavy atom. The summed E-state index contributed by atoms with van der Waals surface area (Å²) < 4.78 is 0. The molecule has 0 saturated carbocycles. The van der Waals surface area contributed by atoms with E-state index >= 15 is 0 Å². The molecule has 2 aromatic carbocycles. The van der Waals surface area contributed by atoms with Gasteiger partial charge >= 0.3 is 0 Å². The summed E-state index contributed by atoms with van der Waals surface area (Å²) in [6, 6.07) is 18.0. The maximum absolute atomic E-state index is 5.83. The Morgan fingerprint density at radius 1 is 0.722 bits per heavy atom. The van der Waals surface area contributed by atoms with Gasteiger partial charge in [-0.05, 0) is 42.8 Å². The number of nitrogens with one attached hydrogen (secondary N) is 2. The van der Waals surface area contributed by atoms with Gasteiger partial charge in [0.25, 0.3) is 0 Å². The lowest BCUT2D eigenvalue weighted by atomic mass is 10.3. The van der Waals surface area contributed by atoms with Gasteiger partial charge in [-0.2, -0.15) is 0 Å². The van der Waals surface area contributed by atoms with E-state index in [0.717, 1.165) is 30.2 Å². The van der Waals surface area contributed by atoms with E-state index in [1.807, 2.05) is 42.5 Å². The summed E-state index contributed by atoms with van der Waals surface area (Å²) in [5.41, 5.74) is 2.28. The number of hydrogen-bond donors (Lipinski definition) is 2. The van der Waals surface area contributed by atoms with Gasteiger partial charge in [-0.1, -0.05) is 29.8 Å². The second-order valence-electron chi connectivity index (χ2n) is 4.08. The molecule has 0 atom stereocenters. The fourth-order valence-corrected chi connectivity index (χ4v) is 1.80. The Labute approximate surface area is 113 Å². The van der Waals surface area contributed by atoms with Crippen molar-refractivity contribution < 1.29 is 0 Å². The van der Waals surface area contributed by atoms with Crippen molar-refractivity contribution in [2.24, 2.45) is 0 Å². The molecule has 0 saturated heterocycles. The van der Waals surface area contributed by atoms with Crippen LogP contribution in [0.25, 0.3) is 0 Å². The van der Waals surface area contributed by atoms with E-state index in [2.05, 4.69) is 22.8 Å². The zero-order chi connectivity index (χ0) is 12.6. The Balaban J connectivity index is 1.63. The predicted molar refractivity (Wildman–Crippen MR) is 79.5 cm³/mol. The molecule has 0 unspecified atom stereocenters. The average molecular weight is 261 g/mol. The van der Waals surface area contributed by atoms with Crippen molar-refractivity contribution >= 4 is 23.0 Å². The normalized spacial score (nSPS) is 10.1. The maximum atomic E-state index is 5.83. The lowest BCUT2D eigenvalue weighted by molar-refractivity contribution is 0.909. The van der Waals surface area contributed by atoms with Crippen LogP contribution in [-0.4, -0.2) is 13.1 Å². The topological polar surface area (TPSA) is 24.1 Å². The fraction of sp³-hybridized carbons (Fsp3) is 0.200. The molecule has 2 rings (SSSR count).